The van der Waals surface area contributed by atoms with Crippen molar-refractivity contribution in [2.24, 2.45) is 0 Å². The highest BCUT2D eigenvalue weighted by atomic mass is 16.5. The normalized spacial score (nSPS) is 10.7. The second kappa shape index (κ2) is 7.29. The number of aromatic nitrogens is 3. The van der Waals surface area contributed by atoms with Gasteiger partial charge >= 0.3 is 0 Å². The number of methoxy groups -OCH3 is 1. The van der Waals surface area contributed by atoms with Crippen LogP contribution >= 0.6 is 0 Å². The quantitative estimate of drug-likeness (QED) is 0.569. The Bertz CT molecular complexity index is 1140. The molecule has 0 saturated heterocycles. The number of hydrogen-bond acceptors (Lipinski definition) is 5. The number of aromatic amines is 1. The Morgan fingerprint density at radius 2 is 1.74 bits per heavy atom. The lowest BCUT2D eigenvalue weighted by Gasteiger charge is -2.07. The van der Waals surface area contributed by atoms with Crippen molar-refractivity contribution in [2.45, 2.75) is 6.42 Å². The first-order valence-electron chi connectivity index (χ1n) is 8.56. The van der Waals surface area contributed by atoms with Crippen LogP contribution in [0.25, 0.3) is 10.8 Å². The number of benzene rings is 3. The Labute approximate surface area is 155 Å². The molecule has 0 aliphatic rings. The zero-order valence-corrected chi connectivity index (χ0v) is 14.8. The van der Waals surface area contributed by atoms with Crippen molar-refractivity contribution in [3.63, 3.8) is 0 Å². The maximum Gasteiger partial charge on any atom is 0.274 e. The lowest BCUT2D eigenvalue weighted by Crippen LogP contribution is -2.18. The van der Waals surface area contributed by atoms with Gasteiger partial charge in [0.25, 0.3) is 5.56 Å². The Hall–Kier alpha value is -3.67. The topological polar surface area (TPSA) is 79.9 Å². The maximum absolute atomic E-state index is 12.3. The molecule has 0 fully saturated rings. The minimum atomic E-state index is -0.260. The minimum absolute atomic E-state index is 0.260. The fourth-order valence-corrected chi connectivity index (χ4v) is 2.87. The van der Waals surface area contributed by atoms with Crippen molar-refractivity contribution in [1.82, 2.24) is 15.2 Å². The molecule has 0 radical (unpaired) electrons. The van der Waals surface area contributed by atoms with Crippen LogP contribution in [0.3, 0.4) is 0 Å². The molecular weight excluding hydrogens is 340 g/mol. The van der Waals surface area contributed by atoms with Crippen molar-refractivity contribution in [3.8, 4) is 5.75 Å². The van der Waals surface area contributed by atoms with Gasteiger partial charge in [-0.3, -0.25) is 9.78 Å². The molecule has 6 heteroatoms. The molecule has 27 heavy (non-hydrogen) atoms. The van der Waals surface area contributed by atoms with Gasteiger partial charge in [-0.05, 0) is 40.6 Å². The third kappa shape index (κ3) is 3.79. The molecule has 0 spiro atoms. The van der Waals surface area contributed by atoms with Crippen LogP contribution in [0.15, 0.2) is 71.5 Å². The Morgan fingerprint density at radius 1 is 0.963 bits per heavy atom. The first-order valence-corrected chi connectivity index (χ1v) is 8.56. The van der Waals surface area contributed by atoms with Crippen molar-refractivity contribution in [3.05, 3.63) is 88.3 Å². The first-order chi connectivity index (χ1) is 13.2. The van der Waals surface area contributed by atoms with Crippen LogP contribution in [0.5, 0.6) is 5.75 Å². The maximum atomic E-state index is 12.3. The number of hydrogen-bond donors (Lipinski definition) is 2. The first kappa shape index (κ1) is 16.8. The van der Waals surface area contributed by atoms with Crippen LogP contribution in [0.4, 0.5) is 11.6 Å². The predicted octanol–water partition coefficient (Wildman–Crippen LogP) is 3.66. The van der Waals surface area contributed by atoms with Crippen LogP contribution < -0.4 is 15.6 Å². The smallest absolute Gasteiger partial charge is 0.274 e. The number of H-pyrrole nitrogens is 1. The predicted molar refractivity (Wildman–Crippen MR) is 106 cm³/mol. The van der Waals surface area contributed by atoms with E-state index < -0.39 is 0 Å². The monoisotopic (exact) mass is 358 g/mol. The molecule has 2 N–H and O–H groups in total. The molecule has 4 rings (SSSR count). The molecular formula is C21H18N4O2. The average Bonchev–Trinajstić information content (AvgIpc) is 2.70. The summed E-state index contributed by atoms with van der Waals surface area (Å²) >= 11 is 0. The third-order valence-electron chi connectivity index (χ3n) is 4.31. The van der Waals surface area contributed by atoms with Gasteiger partial charge in [0.2, 0.25) is 5.95 Å². The molecule has 134 valence electrons. The standard InChI is InChI=1S/C21H18N4O2/c1-27-18-10-6-14(7-11-18)12-19-20(26)23-21(25-24-19)22-17-9-8-15-4-2-3-5-16(15)13-17/h2-11,13H,12H2,1H3,(H2,22,23,25,26). The highest BCUT2D eigenvalue weighted by Crippen LogP contribution is 2.20. The summed E-state index contributed by atoms with van der Waals surface area (Å²) in [6, 6.07) is 21.5. The molecule has 0 aliphatic heterocycles. The largest absolute Gasteiger partial charge is 0.497 e. The van der Waals surface area contributed by atoms with Gasteiger partial charge in [-0.15, -0.1) is 10.2 Å². The van der Waals surface area contributed by atoms with Gasteiger partial charge in [-0.2, -0.15) is 0 Å². The fraction of sp³-hybridized carbons (Fsp3) is 0.0952. The molecule has 1 heterocycles. The van der Waals surface area contributed by atoms with Crippen molar-refractivity contribution >= 4 is 22.4 Å². The average molecular weight is 358 g/mol. The number of nitrogens with zero attached hydrogens (tertiary/aromatic N) is 2. The zero-order valence-electron chi connectivity index (χ0n) is 14.8. The van der Waals surface area contributed by atoms with E-state index in [1.807, 2.05) is 60.7 Å². The molecule has 0 saturated carbocycles. The summed E-state index contributed by atoms with van der Waals surface area (Å²) in [6.07, 6.45) is 0.405. The van der Waals surface area contributed by atoms with Crippen molar-refractivity contribution < 1.29 is 4.74 Å². The molecule has 6 nitrogen and oxygen atoms in total. The van der Waals surface area contributed by atoms with E-state index in [1.165, 1.54) is 0 Å². The lowest BCUT2D eigenvalue weighted by molar-refractivity contribution is 0.414. The number of ether oxygens (including phenoxy) is 1. The van der Waals surface area contributed by atoms with Gasteiger partial charge in [0.05, 0.1) is 7.11 Å². The van der Waals surface area contributed by atoms with Gasteiger partial charge in [0, 0.05) is 12.1 Å². The molecule has 4 aromatic rings. The van der Waals surface area contributed by atoms with Crippen LogP contribution in [0.2, 0.25) is 0 Å². The molecule has 0 unspecified atom stereocenters. The van der Waals surface area contributed by atoms with Crippen molar-refractivity contribution in [2.75, 3.05) is 12.4 Å². The number of rotatable bonds is 5. The van der Waals surface area contributed by atoms with Gasteiger partial charge in [0.1, 0.15) is 11.4 Å². The van der Waals surface area contributed by atoms with E-state index in [1.54, 1.807) is 7.11 Å². The highest BCUT2D eigenvalue weighted by Gasteiger charge is 2.07. The highest BCUT2D eigenvalue weighted by molar-refractivity contribution is 5.86. The van der Waals surface area contributed by atoms with Gasteiger partial charge in [-0.25, -0.2) is 0 Å². The number of fused-ring (bicyclic) bond motifs is 1. The molecule has 0 bridgehead atoms. The summed E-state index contributed by atoms with van der Waals surface area (Å²) < 4.78 is 5.14. The van der Waals surface area contributed by atoms with E-state index in [4.69, 9.17) is 4.74 Å². The Kier molecular flexibility index (Phi) is 4.53. The summed E-state index contributed by atoms with van der Waals surface area (Å²) in [4.78, 5) is 15.1. The van der Waals surface area contributed by atoms with E-state index in [2.05, 4.69) is 26.6 Å². The molecule has 1 aromatic heterocycles. The molecule has 0 atom stereocenters. The lowest BCUT2D eigenvalue weighted by atomic mass is 10.1. The molecule has 3 aromatic carbocycles. The summed E-state index contributed by atoms with van der Waals surface area (Å²) in [5, 5.41) is 13.5. The van der Waals surface area contributed by atoms with Crippen LogP contribution in [0.1, 0.15) is 11.3 Å². The SMILES string of the molecule is COc1ccc(Cc2nnc(Nc3ccc4ccccc4c3)[nH]c2=O)cc1. The third-order valence-corrected chi connectivity index (χ3v) is 4.31. The summed E-state index contributed by atoms with van der Waals surface area (Å²) in [7, 11) is 1.62. The molecule has 0 aliphatic carbocycles. The Balaban J connectivity index is 1.52. The summed E-state index contributed by atoms with van der Waals surface area (Å²) in [5.41, 5.74) is 1.90. The van der Waals surface area contributed by atoms with E-state index in [9.17, 15) is 4.79 Å². The van der Waals surface area contributed by atoms with E-state index in [-0.39, 0.29) is 5.56 Å². The summed E-state index contributed by atoms with van der Waals surface area (Å²) in [6.45, 7) is 0. The van der Waals surface area contributed by atoms with Crippen LogP contribution in [0, 0.1) is 0 Å². The Morgan fingerprint density at radius 3 is 2.48 bits per heavy atom. The van der Waals surface area contributed by atoms with E-state index in [0.717, 1.165) is 27.8 Å². The molecule has 0 amide bonds. The fourth-order valence-electron chi connectivity index (χ4n) is 2.87. The summed E-state index contributed by atoms with van der Waals surface area (Å²) in [5.74, 6) is 1.09. The van der Waals surface area contributed by atoms with E-state index >= 15 is 0 Å². The van der Waals surface area contributed by atoms with Gasteiger partial charge in [0.15, 0.2) is 0 Å². The van der Waals surface area contributed by atoms with Crippen LogP contribution in [-0.4, -0.2) is 22.3 Å². The minimum Gasteiger partial charge on any atom is -0.497 e. The second-order valence-corrected chi connectivity index (χ2v) is 6.16. The van der Waals surface area contributed by atoms with Crippen LogP contribution in [-0.2, 0) is 6.42 Å². The van der Waals surface area contributed by atoms with Gasteiger partial charge < -0.3 is 10.1 Å². The number of anilines is 2. The number of nitrogens with one attached hydrogen (secondary N) is 2. The van der Waals surface area contributed by atoms with E-state index in [0.29, 0.717) is 18.1 Å². The van der Waals surface area contributed by atoms with Crippen molar-refractivity contribution in [1.29, 1.82) is 0 Å². The zero-order chi connectivity index (χ0) is 18.6. The second-order valence-electron chi connectivity index (χ2n) is 6.16. The van der Waals surface area contributed by atoms with Gasteiger partial charge in [-0.1, -0.05) is 42.5 Å².